The highest BCUT2D eigenvalue weighted by Gasteiger charge is 2.55. The number of terminal acetylenes is 1. The molecule has 0 unspecified atom stereocenters. The molecule has 0 amide bonds. The topological polar surface area (TPSA) is 117 Å². The molecule has 3 heterocycles. The lowest BCUT2D eigenvalue weighted by atomic mass is 9.93. The highest BCUT2D eigenvalue weighted by atomic mass is 16.6. The van der Waals surface area contributed by atoms with Crippen molar-refractivity contribution in [1.82, 2.24) is 19.5 Å². The molecule has 9 nitrogen and oxygen atoms in total. The lowest BCUT2D eigenvalue weighted by molar-refractivity contribution is -0.0605. The molecule has 0 radical (unpaired) electrons. The van der Waals surface area contributed by atoms with Crippen LogP contribution < -0.4 is 4.90 Å². The van der Waals surface area contributed by atoms with Gasteiger partial charge in [0.05, 0.1) is 12.9 Å². The second-order valence-electron chi connectivity index (χ2n) is 5.53. The number of rotatable bonds is 3. The van der Waals surface area contributed by atoms with Crippen LogP contribution >= 0.6 is 0 Å². The number of aliphatic hydroxyl groups excluding tert-OH is 2. The SMILES string of the molecule is C#C[C@@]1(O)[C@@H](CO)O[C@@H](n2cnc3c(N(C)C)ncnc32)[C@@H]1O. The molecule has 2 aromatic rings. The van der Waals surface area contributed by atoms with Gasteiger partial charge in [-0.3, -0.25) is 4.57 Å². The number of hydrogen-bond acceptors (Lipinski definition) is 8. The summed E-state index contributed by atoms with van der Waals surface area (Å²) in [6.45, 7) is -0.529. The first-order chi connectivity index (χ1) is 10.9. The number of imidazole rings is 1. The number of aliphatic hydroxyl groups is 3. The third-order valence-electron chi connectivity index (χ3n) is 3.95. The second kappa shape index (κ2) is 5.43. The molecular formula is C14H17N5O4. The molecule has 1 saturated heterocycles. The van der Waals surface area contributed by atoms with Gasteiger partial charge in [-0.15, -0.1) is 6.42 Å². The Hall–Kier alpha value is -2.25. The lowest BCUT2D eigenvalue weighted by Crippen LogP contribution is -2.47. The van der Waals surface area contributed by atoms with Gasteiger partial charge >= 0.3 is 0 Å². The quantitative estimate of drug-likeness (QED) is 0.586. The van der Waals surface area contributed by atoms with Crippen molar-refractivity contribution in [3.8, 4) is 12.3 Å². The first kappa shape index (κ1) is 15.6. The van der Waals surface area contributed by atoms with E-state index in [1.54, 1.807) is 4.90 Å². The summed E-state index contributed by atoms with van der Waals surface area (Å²) >= 11 is 0. The van der Waals surface area contributed by atoms with E-state index in [4.69, 9.17) is 11.2 Å². The molecule has 1 fully saturated rings. The van der Waals surface area contributed by atoms with Gasteiger partial charge in [0.15, 0.2) is 28.8 Å². The minimum absolute atomic E-state index is 0.422. The summed E-state index contributed by atoms with van der Waals surface area (Å²) in [5.41, 5.74) is -1.05. The number of fused-ring (bicyclic) bond motifs is 1. The van der Waals surface area contributed by atoms with Crippen molar-refractivity contribution in [2.75, 3.05) is 25.6 Å². The van der Waals surface area contributed by atoms with E-state index in [1.807, 2.05) is 14.1 Å². The highest BCUT2D eigenvalue weighted by Crippen LogP contribution is 2.38. The maximum absolute atomic E-state index is 10.4. The van der Waals surface area contributed by atoms with E-state index in [1.165, 1.54) is 17.2 Å². The summed E-state index contributed by atoms with van der Waals surface area (Å²) in [6, 6.07) is 0. The average molecular weight is 319 g/mol. The number of aromatic nitrogens is 4. The van der Waals surface area contributed by atoms with Crippen LogP contribution in [0.5, 0.6) is 0 Å². The summed E-state index contributed by atoms with van der Waals surface area (Å²) in [4.78, 5) is 14.4. The van der Waals surface area contributed by atoms with Crippen LogP contribution in [0.3, 0.4) is 0 Å². The van der Waals surface area contributed by atoms with Gasteiger partial charge in [0.25, 0.3) is 0 Å². The first-order valence-electron chi connectivity index (χ1n) is 6.93. The molecule has 1 aliphatic heterocycles. The Kier molecular flexibility index (Phi) is 3.69. The lowest BCUT2D eigenvalue weighted by Gasteiger charge is -2.23. The van der Waals surface area contributed by atoms with E-state index >= 15 is 0 Å². The average Bonchev–Trinajstić information content (AvgIpc) is 3.07. The fourth-order valence-electron chi connectivity index (χ4n) is 2.69. The van der Waals surface area contributed by atoms with Gasteiger partial charge in [-0.1, -0.05) is 5.92 Å². The molecule has 122 valence electrons. The molecular weight excluding hydrogens is 302 g/mol. The number of anilines is 1. The van der Waals surface area contributed by atoms with E-state index < -0.39 is 30.6 Å². The van der Waals surface area contributed by atoms with Gasteiger partial charge in [-0.05, 0) is 0 Å². The molecule has 4 atom stereocenters. The minimum atomic E-state index is -1.99. The van der Waals surface area contributed by atoms with Crippen LogP contribution in [0.15, 0.2) is 12.7 Å². The van der Waals surface area contributed by atoms with Crippen molar-refractivity contribution in [1.29, 1.82) is 0 Å². The first-order valence-corrected chi connectivity index (χ1v) is 6.93. The summed E-state index contributed by atoms with van der Waals surface area (Å²) < 4.78 is 7.00. The summed E-state index contributed by atoms with van der Waals surface area (Å²) in [7, 11) is 3.64. The van der Waals surface area contributed by atoms with Crippen molar-refractivity contribution in [3.05, 3.63) is 12.7 Å². The van der Waals surface area contributed by atoms with Crippen LogP contribution in [0, 0.1) is 12.3 Å². The van der Waals surface area contributed by atoms with Gasteiger partial charge < -0.3 is 25.0 Å². The van der Waals surface area contributed by atoms with E-state index in [0.29, 0.717) is 17.0 Å². The predicted molar refractivity (Wildman–Crippen MR) is 80.4 cm³/mol. The summed E-state index contributed by atoms with van der Waals surface area (Å²) in [6.07, 6.45) is 4.52. The number of ether oxygens (including phenoxy) is 1. The zero-order chi connectivity index (χ0) is 16.8. The molecule has 3 rings (SSSR count). The number of nitrogens with zero attached hydrogens (tertiary/aromatic N) is 5. The van der Waals surface area contributed by atoms with Crippen LogP contribution in [-0.4, -0.2) is 73.3 Å². The Morgan fingerprint density at radius 2 is 2.17 bits per heavy atom. The Bertz CT molecular complexity index is 770. The summed E-state index contributed by atoms with van der Waals surface area (Å²) in [5, 5.41) is 30.1. The Labute approximate surface area is 132 Å². The van der Waals surface area contributed by atoms with Gasteiger partial charge in [-0.25, -0.2) is 15.0 Å². The third-order valence-corrected chi connectivity index (χ3v) is 3.95. The minimum Gasteiger partial charge on any atom is -0.394 e. The van der Waals surface area contributed by atoms with Crippen LogP contribution in [0.1, 0.15) is 6.23 Å². The summed E-state index contributed by atoms with van der Waals surface area (Å²) in [5.74, 6) is 2.71. The molecule has 2 aromatic heterocycles. The van der Waals surface area contributed by atoms with Gasteiger partial charge in [-0.2, -0.15) is 0 Å². The van der Waals surface area contributed by atoms with Crippen LogP contribution in [0.2, 0.25) is 0 Å². The van der Waals surface area contributed by atoms with E-state index in [9.17, 15) is 15.3 Å². The van der Waals surface area contributed by atoms with Crippen molar-refractivity contribution in [2.24, 2.45) is 0 Å². The van der Waals surface area contributed by atoms with E-state index in [2.05, 4.69) is 20.9 Å². The van der Waals surface area contributed by atoms with Crippen LogP contribution in [0.25, 0.3) is 11.2 Å². The molecule has 0 saturated carbocycles. The Balaban J connectivity index is 2.09. The molecule has 23 heavy (non-hydrogen) atoms. The second-order valence-corrected chi connectivity index (χ2v) is 5.53. The zero-order valence-electron chi connectivity index (χ0n) is 12.7. The molecule has 9 heteroatoms. The van der Waals surface area contributed by atoms with E-state index in [-0.39, 0.29) is 0 Å². The molecule has 0 spiro atoms. The zero-order valence-corrected chi connectivity index (χ0v) is 12.7. The molecule has 1 aliphatic rings. The maximum atomic E-state index is 10.4. The standard InChI is InChI=1S/C14H17N5O4/c1-4-14(22)8(5-20)23-13(10(14)21)19-7-17-9-11(18(2)3)15-6-16-12(9)19/h1,6-8,10,13,20-22H,5H2,2-3H3/t8-,10+,13-,14-/m1/s1. The maximum Gasteiger partial charge on any atom is 0.183 e. The van der Waals surface area contributed by atoms with Gasteiger partial charge in [0, 0.05) is 14.1 Å². The van der Waals surface area contributed by atoms with Crippen LogP contribution in [-0.2, 0) is 4.74 Å². The predicted octanol–water partition coefficient (Wildman–Crippen LogP) is -1.49. The monoisotopic (exact) mass is 319 g/mol. The smallest absolute Gasteiger partial charge is 0.183 e. The fourth-order valence-corrected chi connectivity index (χ4v) is 2.69. The Morgan fingerprint density at radius 3 is 2.74 bits per heavy atom. The van der Waals surface area contributed by atoms with Crippen molar-refractivity contribution in [3.63, 3.8) is 0 Å². The van der Waals surface area contributed by atoms with Crippen LogP contribution in [0.4, 0.5) is 5.82 Å². The highest BCUT2D eigenvalue weighted by molar-refractivity contribution is 5.83. The Morgan fingerprint density at radius 1 is 1.43 bits per heavy atom. The van der Waals surface area contributed by atoms with Crippen molar-refractivity contribution >= 4 is 17.0 Å². The molecule has 0 bridgehead atoms. The van der Waals surface area contributed by atoms with Gasteiger partial charge in [0.1, 0.15) is 18.5 Å². The van der Waals surface area contributed by atoms with E-state index in [0.717, 1.165) is 0 Å². The molecule has 0 aliphatic carbocycles. The normalized spacial score (nSPS) is 30.5. The molecule has 0 aromatic carbocycles. The number of hydrogen-bond donors (Lipinski definition) is 3. The largest absolute Gasteiger partial charge is 0.394 e. The van der Waals surface area contributed by atoms with Crippen molar-refractivity contribution < 1.29 is 20.1 Å². The van der Waals surface area contributed by atoms with Crippen molar-refractivity contribution in [2.45, 2.75) is 24.0 Å². The van der Waals surface area contributed by atoms with Gasteiger partial charge in [0.2, 0.25) is 0 Å². The molecule has 3 N–H and O–H groups in total. The third kappa shape index (κ3) is 2.15. The fraction of sp³-hybridized carbons (Fsp3) is 0.500.